The molecule has 2 heterocycles. The highest BCUT2D eigenvalue weighted by Crippen LogP contribution is 2.36. The first-order valence-corrected chi connectivity index (χ1v) is 25.1. The number of allylic oxidation sites excluding steroid dienone is 4. The molecule has 1 saturated carbocycles. The number of methoxy groups -OCH3 is 3. The third-order valence-corrected chi connectivity index (χ3v) is 14.8. The Labute approximate surface area is 411 Å². The van der Waals surface area contributed by atoms with E-state index in [1.165, 1.54) is 18.9 Å². The molecule has 2 aliphatic heterocycles. The van der Waals surface area contributed by atoms with Crippen molar-refractivity contribution in [2.24, 2.45) is 29.6 Å². The van der Waals surface area contributed by atoms with Gasteiger partial charge in [-0.25, -0.2) is 4.79 Å². The first kappa shape index (κ1) is 57.7. The van der Waals surface area contributed by atoms with E-state index in [4.69, 9.17) is 23.7 Å². The topological polar surface area (TPSA) is 195 Å². The van der Waals surface area contributed by atoms with Crippen LogP contribution >= 0.6 is 0 Å². The van der Waals surface area contributed by atoms with Crippen LogP contribution in [0.15, 0.2) is 53.6 Å². The molecule has 69 heavy (non-hydrogen) atoms. The number of esters is 1. The van der Waals surface area contributed by atoms with Crippen molar-refractivity contribution in [3.63, 3.8) is 0 Å². The maximum atomic E-state index is 14.5. The number of aliphatic hydroxyl groups excluding tert-OH is 3. The van der Waals surface area contributed by atoms with Crippen LogP contribution in [0.2, 0.25) is 0 Å². The third kappa shape index (κ3) is 16.6. The maximum Gasteiger partial charge on any atom is 0.329 e. The summed E-state index contributed by atoms with van der Waals surface area (Å²) in [5, 5.41) is 32.7. The number of Topliss-reactive ketones (excluding diaryl/α,β-unsaturated/α-hetero) is 3. The van der Waals surface area contributed by atoms with Crippen molar-refractivity contribution in [3.8, 4) is 0 Å². The highest BCUT2D eigenvalue weighted by molar-refractivity contribution is 6.36. The number of nitrogens with zero attached hydrogens (tertiary/aromatic N) is 1. The van der Waals surface area contributed by atoms with E-state index < -0.39 is 78.5 Å². The molecule has 13 atom stereocenters. The number of fused-ring (bicyclic) bond motifs is 1. The number of ether oxygens (including phenoxy) is 5. The molecule has 0 spiro atoms. The smallest absolute Gasteiger partial charge is 0.329 e. The zero-order chi connectivity index (χ0) is 51.0. The number of rotatable bonds is 12. The van der Waals surface area contributed by atoms with E-state index in [-0.39, 0.29) is 54.8 Å². The molecule has 1 amide bonds. The fourth-order valence-electron chi connectivity index (χ4n) is 10.8. The third-order valence-electron chi connectivity index (χ3n) is 14.8. The molecule has 1 aromatic carbocycles. The minimum absolute atomic E-state index is 0.000237. The van der Waals surface area contributed by atoms with Gasteiger partial charge in [-0.05, 0) is 127 Å². The normalized spacial score (nSPS) is 34.5. The molecule has 0 bridgehead atoms. The molecule has 2 fully saturated rings. The second-order valence-corrected chi connectivity index (χ2v) is 20.6. The van der Waals surface area contributed by atoms with Gasteiger partial charge in [0.2, 0.25) is 5.78 Å². The van der Waals surface area contributed by atoms with Gasteiger partial charge in [-0.15, -0.1) is 0 Å². The summed E-state index contributed by atoms with van der Waals surface area (Å²) in [4.78, 5) is 70.0. The van der Waals surface area contributed by atoms with Crippen molar-refractivity contribution >= 4 is 35.3 Å². The number of cyclic esters (lactones) is 1. The Balaban J connectivity index is 1.76. The summed E-state index contributed by atoms with van der Waals surface area (Å²) in [6, 6.07) is 6.29. The van der Waals surface area contributed by atoms with Crippen molar-refractivity contribution < 1.29 is 63.0 Å². The zero-order valence-corrected chi connectivity index (χ0v) is 43.0. The van der Waals surface area contributed by atoms with Crippen LogP contribution in [0.5, 0.6) is 0 Å². The SMILES string of the molecule is CO[C@H]1C[C@@H](C)CC(=O)C(=O)N2CCCC[C@H]2C(=O)O[C@H](/C(C)=C/C2CC[C@@H](O)[C@H](OC)C2)[C@H](C)[C@@H](O)CC(=O)[C@@H](CC/C=C/c2ccc(C(C)=O)cc2)/C=C(\C)C[C@H](C)C[C@@](C)(OC)[C@H]1OCO. The molecule has 14 nitrogen and oxygen atoms in total. The van der Waals surface area contributed by atoms with Gasteiger partial charge in [0.1, 0.15) is 30.8 Å². The van der Waals surface area contributed by atoms with Crippen molar-refractivity contribution in [2.75, 3.05) is 34.7 Å². The predicted octanol–water partition coefficient (Wildman–Crippen LogP) is 7.79. The molecule has 3 aliphatic rings. The lowest BCUT2D eigenvalue weighted by molar-refractivity contribution is -0.202. The molecule has 1 aliphatic carbocycles. The Morgan fingerprint density at radius 1 is 0.884 bits per heavy atom. The predicted molar refractivity (Wildman–Crippen MR) is 264 cm³/mol. The number of ketones is 3. The van der Waals surface area contributed by atoms with E-state index >= 15 is 0 Å². The number of carbonyl (C=O) groups excluding carboxylic acids is 5. The summed E-state index contributed by atoms with van der Waals surface area (Å²) in [5.41, 5.74) is 2.22. The summed E-state index contributed by atoms with van der Waals surface area (Å²) >= 11 is 0. The number of amides is 1. The number of carbonyl (C=O) groups is 5. The van der Waals surface area contributed by atoms with Gasteiger partial charge in [-0.1, -0.05) is 74.9 Å². The lowest BCUT2D eigenvalue weighted by Gasteiger charge is -2.42. The van der Waals surface area contributed by atoms with Gasteiger partial charge >= 0.3 is 5.97 Å². The van der Waals surface area contributed by atoms with Gasteiger partial charge in [0.05, 0.1) is 30.0 Å². The van der Waals surface area contributed by atoms with Gasteiger partial charge < -0.3 is 43.9 Å². The Bertz CT molecular complexity index is 1940. The van der Waals surface area contributed by atoms with Crippen LogP contribution < -0.4 is 0 Å². The first-order chi connectivity index (χ1) is 32.7. The lowest BCUT2D eigenvalue weighted by Crippen LogP contribution is -2.53. The first-order valence-electron chi connectivity index (χ1n) is 25.1. The Morgan fingerprint density at radius 2 is 1.58 bits per heavy atom. The van der Waals surface area contributed by atoms with Crippen molar-refractivity contribution in [2.45, 2.75) is 180 Å². The Morgan fingerprint density at radius 3 is 2.22 bits per heavy atom. The van der Waals surface area contributed by atoms with Crippen molar-refractivity contribution in [3.05, 3.63) is 64.8 Å². The molecule has 4 rings (SSSR count). The summed E-state index contributed by atoms with van der Waals surface area (Å²) in [7, 11) is 4.69. The number of hydrogen-bond acceptors (Lipinski definition) is 13. The maximum absolute atomic E-state index is 14.5. The summed E-state index contributed by atoms with van der Waals surface area (Å²) < 4.78 is 30.1. The van der Waals surface area contributed by atoms with Gasteiger partial charge in [0, 0.05) is 58.1 Å². The molecule has 3 N–H and O–H groups in total. The lowest BCUT2D eigenvalue weighted by atomic mass is 9.80. The second kappa shape index (κ2) is 27.6. The molecule has 386 valence electrons. The minimum atomic E-state index is -1.22. The van der Waals surface area contributed by atoms with Crippen molar-refractivity contribution in [1.82, 2.24) is 4.90 Å². The molecule has 14 heteroatoms. The number of hydrogen-bond donors (Lipinski definition) is 3. The fraction of sp³-hybridized carbons (Fsp3) is 0.691. The Kier molecular flexibility index (Phi) is 23.1. The summed E-state index contributed by atoms with van der Waals surface area (Å²) in [6.07, 6.45) is 8.73. The average molecular weight is 966 g/mol. The highest BCUT2D eigenvalue weighted by atomic mass is 16.6. The standard InChI is InChI=1S/C55H83NO13/c1-34-25-36(3)32-55(7,67-10)52(68-33-57)50(66-9)28-35(2)27-48(62)53(63)56-24-14-13-17-44(56)54(64)69-51(37(4)29-41-20-23-45(59)49(30-41)65-8)38(5)46(60)31-47(61)43(26-34)16-12-11-15-40-18-21-42(22-19-40)39(6)58/h11,15,18-19,21-22,26,29,35-36,38,41,43-46,49-52,57,59-60H,12-14,16-17,20,23-25,27-28,30-33H2,1-10H3/b15-11+,34-26+,37-29+/t35-,36-,38+,41?,43-,44-,45+,46-,49+,50-,51+,52-,55+/m0/s1. The molecule has 1 saturated heterocycles. The zero-order valence-electron chi connectivity index (χ0n) is 43.0. The highest BCUT2D eigenvalue weighted by Gasteiger charge is 2.44. The molecule has 1 aromatic rings. The van der Waals surface area contributed by atoms with Crippen LogP contribution in [0.4, 0.5) is 0 Å². The molecule has 1 unspecified atom stereocenters. The van der Waals surface area contributed by atoms with Crippen LogP contribution in [0.1, 0.15) is 148 Å². The molecular formula is C55H83NO13. The quantitative estimate of drug-likeness (QED) is 0.0605. The number of aliphatic hydroxyl groups is 3. The molecule has 0 radical (unpaired) electrons. The van der Waals surface area contributed by atoms with Gasteiger partial charge in [0.15, 0.2) is 5.78 Å². The fourth-order valence-corrected chi connectivity index (χ4v) is 10.8. The van der Waals surface area contributed by atoms with E-state index in [1.807, 2.05) is 64.1 Å². The Hall–Kier alpha value is -3.89. The number of piperidine rings is 1. The van der Waals surface area contributed by atoms with Gasteiger partial charge in [0.25, 0.3) is 5.91 Å². The molecular weight excluding hydrogens is 883 g/mol. The van der Waals surface area contributed by atoms with Crippen LogP contribution in [-0.4, -0.2) is 132 Å². The monoisotopic (exact) mass is 966 g/mol. The summed E-state index contributed by atoms with van der Waals surface area (Å²) in [6.45, 7) is 12.5. The number of benzene rings is 1. The summed E-state index contributed by atoms with van der Waals surface area (Å²) in [5.74, 6) is -3.97. The van der Waals surface area contributed by atoms with Crippen LogP contribution in [0.3, 0.4) is 0 Å². The van der Waals surface area contributed by atoms with E-state index in [9.17, 15) is 39.3 Å². The van der Waals surface area contributed by atoms with Crippen LogP contribution in [0, 0.1) is 29.6 Å². The van der Waals surface area contributed by atoms with E-state index in [2.05, 4.69) is 6.92 Å². The van der Waals surface area contributed by atoms with E-state index in [1.54, 1.807) is 33.3 Å². The minimum Gasteiger partial charge on any atom is -0.456 e. The second-order valence-electron chi connectivity index (χ2n) is 20.6. The average Bonchev–Trinajstić information content (AvgIpc) is 3.32. The van der Waals surface area contributed by atoms with Crippen LogP contribution in [-0.2, 0) is 42.9 Å². The van der Waals surface area contributed by atoms with Crippen LogP contribution in [0.25, 0.3) is 6.08 Å². The van der Waals surface area contributed by atoms with E-state index in [0.717, 1.165) is 11.1 Å². The van der Waals surface area contributed by atoms with Crippen molar-refractivity contribution in [1.29, 1.82) is 0 Å². The molecule has 0 aromatic heterocycles. The van der Waals surface area contributed by atoms with E-state index in [0.29, 0.717) is 81.8 Å². The van der Waals surface area contributed by atoms with Gasteiger partial charge in [-0.3, -0.25) is 19.2 Å². The van der Waals surface area contributed by atoms with Gasteiger partial charge in [-0.2, -0.15) is 0 Å². The largest absolute Gasteiger partial charge is 0.456 e.